The molecule has 3 nitrogen and oxygen atoms in total. The van der Waals surface area contributed by atoms with Crippen LogP contribution in [-0.4, -0.2) is 19.0 Å². The van der Waals surface area contributed by atoms with Crippen LogP contribution in [0, 0.1) is 12.3 Å². The van der Waals surface area contributed by atoms with E-state index >= 15 is 0 Å². The second-order valence-electron chi connectivity index (χ2n) is 3.99. The Morgan fingerprint density at radius 2 is 2.11 bits per heavy atom. The van der Waals surface area contributed by atoms with Crippen molar-refractivity contribution >= 4 is 11.6 Å². The average Bonchev–Trinajstić information content (AvgIpc) is 2.39. The molecule has 0 heterocycles. The number of unbranched alkanes of at least 4 members (excludes halogenated alkanes) is 2. The molecule has 0 unspecified atom stereocenters. The fraction of sp³-hybridized carbons (Fsp3) is 0.400. The summed E-state index contributed by atoms with van der Waals surface area (Å²) in [4.78, 5) is 12.0. The second-order valence-corrected chi connectivity index (χ2v) is 3.99. The minimum atomic E-state index is -0.0349. The first-order valence-electron chi connectivity index (χ1n) is 6.34. The van der Waals surface area contributed by atoms with Crippen molar-refractivity contribution in [1.82, 2.24) is 5.32 Å². The van der Waals surface area contributed by atoms with Gasteiger partial charge in [-0.25, -0.2) is 0 Å². The average molecular weight is 244 g/mol. The number of carbonyl (C=O) groups is 1. The Kier molecular flexibility index (Phi) is 6.42. The predicted octanol–water partition coefficient (Wildman–Crippen LogP) is 2.65. The monoisotopic (exact) mass is 244 g/mol. The molecule has 0 atom stereocenters. The maximum Gasteiger partial charge on any atom is 0.253 e. The van der Waals surface area contributed by atoms with Crippen molar-refractivity contribution in [3.05, 3.63) is 29.8 Å². The number of hydrogen-bond acceptors (Lipinski definition) is 2. The number of amides is 1. The van der Waals surface area contributed by atoms with Gasteiger partial charge in [-0.05, 0) is 31.9 Å². The molecule has 0 aromatic heterocycles. The van der Waals surface area contributed by atoms with Gasteiger partial charge in [-0.2, -0.15) is 0 Å². The summed E-state index contributed by atoms with van der Waals surface area (Å²) in [6.45, 7) is 3.47. The zero-order chi connectivity index (χ0) is 13.2. The Balaban J connectivity index is 2.48. The number of anilines is 1. The maximum atomic E-state index is 12.0. The van der Waals surface area contributed by atoms with Crippen LogP contribution in [0.5, 0.6) is 0 Å². The summed E-state index contributed by atoms with van der Waals surface area (Å²) in [6.07, 6.45) is 7.80. The van der Waals surface area contributed by atoms with Gasteiger partial charge in [0, 0.05) is 25.2 Å². The number of nitrogens with one attached hydrogen (secondary N) is 2. The highest BCUT2D eigenvalue weighted by atomic mass is 16.1. The van der Waals surface area contributed by atoms with E-state index in [1.165, 1.54) is 0 Å². The Hall–Kier alpha value is -1.95. The summed E-state index contributed by atoms with van der Waals surface area (Å²) in [5.74, 6) is 2.56. The molecule has 0 aliphatic heterocycles. The van der Waals surface area contributed by atoms with E-state index in [4.69, 9.17) is 6.42 Å². The Morgan fingerprint density at radius 3 is 2.83 bits per heavy atom. The van der Waals surface area contributed by atoms with Crippen molar-refractivity contribution in [3.8, 4) is 12.3 Å². The molecule has 0 spiro atoms. The third-order valence-corrected chi connectivity index (χ3v) is 2.57. The molecular weight excluding hydrogens is 224 g/mol. The summed E-state index contributed by atoms with van der Waals surface area (Å²) in [6, 6.07) is 7.53. The zero-order valence-electron chi connectivity index (χ0n) is 10.8. The van der Waals surface area contributed by atoms with E-state index in [9.17, 15) is 4.79 Å². The van der Waals surface area contributed by atoms with Crippen molar-refractivity contribution in [2.45, 2.75) is 26.2 Å². The lowest BCUT2D eigenvalue weighted by Crippen LogP contribution is -2.25. The Morgan fingerprint density at radius 1 is 1.33 bits per heavy atom. The molecule has 96 valence electrons. The highest BCUT2D eigenvalue weighted by Gasteiger charge is 2.09. The lowest BCUT2D eigenvalue weighted by Gasteiger charge is -2.10. The first-order chi connectivity index (χ1) is 8.79. The van der Waals surface area contributed by atoms with Crippen LogP contribution in [0.3, 0.4) is 0 Å². The van der Waals surface area contributed by atoms with Gasteiger partial charge in [-0.15, -0.1) is 12.3 Å². The van der Waals surface area contributed by atoms with E-state index in [-0.39, 0.29) is 5.91 Å². The van der Waals surface area contributed by atoms with E-state index in [0.29, 0.717) is 12.1 Å². The van der Waals surface area contributed by atoms with Crippen LogP contribution in [0.1, 0.15) is 36.5 Å². The van der Waals surface area contributed by atoms with E-state index in [1.807, 2.05) is 31.2 Å². The van der Waals surface area contributed by atoms with Crippen LogP contribution >= 0.6 is 0 Å². The van der Waals surface area contributed by atoms with Crippen molar-refractivity contribution in [2.24, 2.45) is 0 Å². The minimum Gasteiger partial charge on any atom is -0.385 e. The number of hydrogen-bond donors (Lipinski definition) is 2. The molecule has 18 heavy (non-hydrogen) atoms. The van der Waals surface area contributed by atoms with Crippen LogP contribution in [0.25, 0.3) is 0 Å². The Bertz CT molecular complexity index is 421. The van der Waals surface area contributed by atoms with Gasteiger partial charge >= 0.3 is 0 Å². The summed E-state index contributed by atoms with van der Waals surface area (Å²) < 4.78 is 0. The molecule has 2 N–H and O–H groups in total. The molecule has 1 rings (SSSR count). The number of benzene rings is 1. The van der Waals surface area contributed by atoms with Gasteiger partial charge in [-0.1, -0.05) is 12.1 Å². The lowest BCUT2D eigenvalue weighted by atomic mass is 10.1. The third kappa shape index (κ3) is 4.50. The first kappa shape index (κ1) is 14.1. The van der Waals surface area contributed by atoms with E-state index < -0.39 is 0 Å². The molecule has 3 heteroatoms. The molecule has 1 aromatic carbocycles. The van der Waals surface area contributed by atoms with Gasteiger partial charge in [0.1, 0.15) is 0 Å². The maximum absolute atomic E-state index is 12.0. The molecular formula is C15H20N2O. The van der Waals surface area contributed by atoms with Crippen LogP contribution in [0.2, 0.25) is 0 Å². The third-order valence-electron chi connectivity index (χ3n) is 2.57. The summed E-state index contributed by atoms with van der Waals surface area (Å²) in [5.41, 5.74) is 1.57. The molecule has 1 aromatic rings. The number of carbonyl (C=O) groups excluding carboxylic acids is 1. The van der Waals surface area contributed by atoms with Gasteiger partial charge in [-0.3, -0.25) is 4.79 Å². The molecule has 0 fully saturated rings. The summed E-state index contributed by atoms with van der Waals surface area (Å²) >= 11 is 0. The highest BCUT2D eigenvalue weighted by Crippen LogP contribution is 2.14. The molecule has 0 saturated carbocycles. The predicted molar refractivity (Wildman–Crippen MR) is 75.6 cm³/mol. The molecule has 0 bridgehead atoms. The summed E-state index contributed by atoms with van der Waals surface area (Å²) in [5, 5.41) is 6.09. The van der Waals surface area contributed by atoms with Crippen molar-refractivity contribution in [2.75, 3.05) is 18.4 Å². The van der Waals surface area contributed by atoms with Gasteiger partial charge in [0.05, 0.1) is 5.56 Å². The lowest BCUT2D eigenvalue weighted by molar-refractivity contribution is 0.0954. The van der Waals surface area contributed by atoms with Gasteiger partial charge < -0.3 is 10.6 Å². The molecule has 0 aliphatic carbocycles. The minimum absolute atomic E-state index is 0.0349. The molecule has 1 amide bonds. The SMILES string of the molecule is C#CCCCCNC(=O)c1ccccc1NCC. The number of rotatable bonds is 7. The van der Waals surface area contributed by atoms with Gasteiger partial charge in [0.2, 0.25) is 0 Å². The second kappa shape index (κ2) is 8.19. The first-order valence-corrected chi connectivity index (χ1v) is 6.34. The van der Waals surface area contributed by atoms with Crippen molar-refractivity contribution in [1.29, 1.82) is 0 Å². The van der Waals surface area contributed by atoms with E-state index in [0.717, 1.165) is 31.5 Å². The van der Waals surface area contributed by atoms with Crippen LogP contribution in [0.4, 0.5) is 5.69 Å². The van der Waals surface area contributed by atoms with Gasteiger partial charge in [0.25, 0.3) is 5.91 Å². The highest BCUT2D eigenvalue weighted by molar-refractivity contribution is 5.99. The standard InChI is InChI=1S/C15H20N2O/c1-3-5-6-9-12-17-15(18)13-10-7-8-11-14(13)16-4-2/h1,7-8,10-11,16H,4-6,9,12H2,2H3,(H,17,18). The van der Waals surface area contributed by atoms with E-state index in [1.54, 1.807) is 0 Å². The van der Waals surface area contributed by atoms with Crippen molar-refractivity contribution in [3.63, 3.8) is 0 Å². The topological polar surface area (TPSA) is 41.1 Å². The quantitative estimate of drug-likeness (QED) is 0.572. The Labute approximate surface area is 109 Å². The number of para-hydroxylation sites is 1. The molecule has 0 aliphatic rings. The van der Waals surface area contributed by atoms with Crippen LogP contribution in [0.15, 0.2) is 24.3 Å². The van der Waals surface area contributed by atoms with Crippen LogP contribution < -0.4 is 10.6 Å². The fourth-order valence-electron chi connectivity index (χ4n) is 1.67. The smallest absolute Gasteiger partial charge is 0.253 e. The summed E-state index contributed by atoms with van der Waals surface area (Å²) in [7, 11) is 0. The fourth-order valence-corrected chi connectivity index (χ4v) is 1.67. The van der Waals surface area contributed by atoms with Crippen LogP contribution in [-0.2, 0) is 0 Å². The number of terminal acetylenes is 1. The van der Waals surface area contributed by atoms with E-state index in [2.05, 4.69) is 16.6 Å². The normalized spacial score (nSPS) is 9.56. The molecule has 0 saturated heterocycles. The van der Waals surface area contributed by atoms with Crippen molar-refractivity contribution < 1.29 is 4.79 Å². The van der Waals surface area contributed by atoms with Gasteiger partial charge in [0.15, 0.2) is 0 Å². The zero-order valence-corrected chi connectivity index (χ0v) is 10.8. The largest absolute Gasteiger partial charge is 0.385 e. The molecule has 0 radical (unpaired) electrons.